The van der Waals surface area contributed by atoms with Gasteiger partial charge in [0.2, 0.25) is 0 Å². The molecule has 1 fully saturated rings. The van der Waals surface area contributed by atoms with E-state index < -0.39 is 0 Å². The lowest BCUT2D eigenvalue weighted by Gasteiger charge is -2.09. The third kappa shape index (κ3) is 2.90. The molecule has 3 aromatic heterocycles. The van der Waals surface area contributed by atoms with E-state index in [4.69, 9.17) is 5.10 Å². The number of nitrogens with one attached hydrogen (secondary N) is 1. The van der Waals surface area contributed by atoms with Gasteiger partial charge >= 0.3 is 0 Å². The van der Waals surface area contributed by atoms with Gasteiger partial charge in [0.15, 0.2) is 0 Å². The number of benzene rings is 1. The van der Waals surface area contributed by atoms with Crippen LogP contribution >= 0.6 is 0 Å². The predicted octanol–water partition coefficient (Wildman–Crippen LogP) is 4.28. The maximum atomic E-state index is 13.4. The van der Waals surface area contributed by atoms with Crippen molar-refractivity contribution in [2.45, 2.75) is 12.3 Å². The molecule has 1 aliphatic heterocycles. The van der Waals surface area contributed by atoms with E-state index in [0.29, 0.717) is 5.92 Å². The van der Waals surface area contributed by atoms with Crippen molar-refractivity contribution in [1.29, 1.82) is 0 Å². The molecule has 1 atom stereocenters. The molecule has 134 valence electrons. The maximum absolute atomic E-state index is 13.4. The molecule has 1 saturated heterocycles. The summed E-state index contributed by atoms with van der Waals surface area (Å²) in [7, 11) is 0. The molecule has 0 aliphatic carbocycles. The quantitative estimate of drug-likeness (QED) is 0.594. The fraction of sp³-hybridized carbons (Fsp3) is 0.182. The fourth-order valence-corrected chi connectivity index (χ4v) is 3.86. The molecule has 4 aromatic rings. The van der Waals surface area contributed by atoms with E-state index in [0.717, 1.165) is 47.4 Å². The summed E-state index contributed by atoms with van der Waals surface area (Å²) in [5.41, 5.74) is 6.17. The lowest BCUT2D eigenvalue weighted by atomic mass is 9.98. The van der Waals surface area contributed by atoms with Crippen LogP contribution in [-0.4, -0.2) is 27.7 Å². The second kappa shape index (κ2) is 6.59. The average molecular weight is 358 g/mol. The number of fused-ring (bicyclic) bond motifs is 1. The number of pyridine rings is 2. The van der Waals surface area contributed by atoms with Gasteiger partial charge in [0.05, 0.1) is 5.52 Å². The fourth-order valence-electron chi connectivity index (χ4n) is 3.86. The minimum Gasteiger partial charge on any atom is -0.316 e. The second-order valence-corrected chi connectivity index (χ2v) is 6.95. The molecule has 27 heavy (non-hydrogen) atoms. The van der Waals surface area contributed by atoms with Crippen molar-refractivity contribution in [2.75, 3.05) is 13.1 Å². The Morgan fingerprint density at radius 2 is 1.78 bits per heavy atom. The highest BCUT2D eigenvalue weighted by atomic mass is 19.1. The van der Waals surface area contributed by atoms with Gasteiger partial charge in [0.25, 0.3) is 0 Å². The number of rotatable bonds is 3. The van der Waals surface area contributed by atoms with Gasteiger partial charge in [-0.2, -0.15) is 5.10 Å². The van der Waals surface area contributed by atoms with Crippen molar-refractivity contribution >= 4 is 5.52 Å². The summed E-state index contributed by atoms with van der Waals surface area (Å²) >= 11 is 0. The summed E-state index contributed by atoms with van der Waals surface area (Å²) in [5.74, 6) is 0.279. The number of halogens is 1. The van der Waals surface area contributed by atoms with E-state index in [2.05, 4.69) is 28.6 Å². The van der Waals surface area contributed by atoms with Gasteiger partial charge in [-0.3, -0.25) is 4.98 Å². The molecule has 0 spiro atoms. The Morgan fingerprint density at radius 3 is 2.52 bits per heavy atom. The van der Waals surface area contributed by atoms with Crippen LogP contribution < -0.4 is 5.32 Å². The van der Waals surface area contributed by atoms with Crippen molar-refractivity contribution < 1.29 is 4.39 Å². The van der Waals surface area contributed by atoms with Crippen LogP contribution in [0.25, 0.3) is 27.9 Å². The summed E-state index contributed by atoms with van der Waals surface area (Å²) in [6.07, 6.45) is 6.84. The monoisotopic (exact) mass is 358 g/mol. The topological polar surface area (TPSA) is 42.2 Å². The minimum absolute atomic E-state index is 0.246. The lowest BCUT2D eigenvalue weighted by Crippen LogP contribution is -2.08. The highest BCUT2D eigenvalue weighted by Gasteiger charge is 2.20. The highest BCUT2D eigenvalue weighted by molar-refractivity contribution is 5.92. The molecule has 5 heteroatoms. The summed E-state index contributed by atoms with van der Waals surface area (Å²) < 4.78 is 15.4. The Hall–Kier alpha value is -3.05. The van der Waals surface area contributed by atoms with Gasteiger partial charge in [-0.25, -0.2) is 8.91 Å². The highest BCUT2D eigenvalue weighted by Crippen LogP contribution is 2.36. The summed E-state index contributed by atoms with van der Waals surface area (Å²) in [5, 5.41) is 8.29. The van der Waals surface area contributed by atoms with Crippen molar-refractivity contribution in [1.82, 2.24) is 19.9 Å². The van der Waals surface area contributed by atoms with Crippen molar-refractivity contribution in [3.8, 4) is 22.4 Å². The molecule has 0 radical (unpaired) electrons. The Morgan fingerprint density at radius 1 is 0.963 bits per heavy atom. The molecular weight excluding hydrogens is 339 g/mol. The second-order valence-electron chi connectivity index (χ2n) is 6.95. The summed E-state index contributed by atoms with van der Waals surface area (Å²) in [4.78, 5) is 4.13. The predicted molar refractivity (Wildman–Crippen MR) is 104 cm³/mol. The van der Waals surface area contributed by atoms with Crippen LogP contribution in [0.15, 0.2) is 67.1 Å². The largest absolute Gasteiger partial charge is 0.316 e. The Kier molecular flexibility index (Phi) is 3.94. The maximum Gasteiger partial charge on any atom is 0.123 e. The van der Waals surface area contributed by atoms with Crippen LogP contribution in [0.4, 0.5) is 4.39 Å². The van der Waals surface area contributed by atoms with Gasteiger partial charge in [-0.1, -0.05) is 6.07 Å². The number of hydrogen-bond donors (Lipinski definition) is 1. The van der Waals surface area contributed by atoms with E-state index in [1.165, 1.54) is 17.7 Å². The molecule has 1 aromatic carbocycles. The minimum atomic E-state index is -0.246. The first-order valence-corrected chi connectivity index (χ1v) is 9.19. The molecule has 0 bridgehead atoms. The SMILES string of the molecule is Fc1ccc(-c2nn3cc([C@H]4CCNC4)ccc3c2-c2ccncc2)cc1. The van der Waals surface area contributed by atoms with Gasteiger partial charge in [-0.15, -0.1) is 0 Å². The molecule has 5 rings (SSSR count). The van der Waals surface area contributed by atoms with E-state index in [1.54, 1.807) is 24.5 Å². The lowest BCUT2D eigenvalue weighted by molar-refractivity contribution is 0.628. The molecule has 4 heterocycles. The first-order chi connectivity index (χ1) is 13.3. The van der Waals surface area contributed by atoms with Crippen molar-refractivity contribution in [2.24, 2.45) is 0 Å². The molecule has 0 unspecified atom stereocenters. The number of hydrogen-bond acceptors (Lipinski definition) is 3. The zero-order valence-electron chi connectivity index (χ0n) is 14.8. The number of nitrogens with zero attached hydrogens (tertiary/aromatic N) is 3. The van der Waals surface area contributed by atoms with E-state index >= 15 is 0 Å². The number of aromatic nitrogens is 3. The third-order valence-corrected chi connectivity index (χ3v) is 5.27. The van der Waals surface area contributed by atoms with Crippen LogP contribution in [0.3, 0.4) is 0 Å². The molecule has 1 N–H and O–H groups in total. The normalized spacial score (nSPS) is 16.9. The zero-order chi connectivity index (χ0) is 18.2. The van der Waals surface area contributed by atoms with Crippen LogP contribution in [0.1, 0.15) is 17.9 Å². The first kappa shape index (κ1) is 16.1. The molecular formula is C22H19FN4. The van der Waals surface area contributed by atoms with E-state index in [9.17, 15) is 4.39 Å². The summed E-state index contributed by atoms with van der Waals surface area (Å²) in [6, 6.07) is 14.8. The van der Waals surface area contributed by atoms with Crippen molar-refractivity contribution in [3.05, 3.63) is 78.5 Å². The van der Waals surface area contributed by atoms with Crippen LogP contribution in [0.2, 0.25) is 0 Å². The van der Waals surface area contributed by atoms with Crippen LogP contribution in [0, 0.1) is 5.82 Å². The Bertz CT molecular complexity index is 1080. The standard InChI is InChI=1S/C22H19FN4/c23-19-4-1-16(2-5-19)22-21(15-7-10-24-11-8-15)20-6-3-18(14-27(20)26-22)17-9-12-25-13-17/h1-8,10-11,14,17,25H,9,12-13H2/t17-/m0/s1. The zero-order valence-corrected chi connectivity index (χ0v) is 14.8. The van der Waals surface area contributed by atoms with Gasteiger partial charge in [0.1, 0.15) is 11.5 Å². The van der Waals surface area contributed by atoms with Crippen LogP contribution in [-0.2, 0) is 0 Å². The Labute approximate surface area is 156 Å². The average Bonchev–Trinajstić information content (AvgIpc) is 3.37. The van der Waals surface area contributed by atoms with Crippen LogP contribution in [0.5, 0.6) is 0 Å². The van der Waals surface area contributed by atoms with Gasteiger partial charge < -0.3 is 5.32 Å². The molecule has 4 nitrogen and oxygen atoms in total. The first-order valence-electron chi connectivity index (χ1n) is 9.19. The third-order valence-electron chi connectivity index (χ3n) is 5.27. The van der Waals surface area contributed by atoms with Gasteiger partial charge in [0, 0.05) is 36.3 Å². The Balaban J connectivity index is 1.72. The smallest absolute Gasteiger partial charge is 0.123 e. The van der Waals surface area contributed by atoms with E-state index in [-0.39, 0.29) is 5.82 Å². The molecule has 1 aliphatic rings. The van der Waals surface area contributed by atoms with Crippen molar-refractivity contribution in [3.63, 3.8) is 0 Å². The van der Waals surface area contributed by atoms with E-state index in [1.807, 2.05) is 16.6 Å². The van der Waals surface area contributed by atoms with Gasteiger partial charge in [-0.05, 0) is 72.5 Å². The molecule has 0 saturated carbocycles. The summed E-state index contributed by atoms with van der Waals surface area (Å²) in [6.45, 7) is 2.07. The molecule has 0 amide bonds.